The summed E-state index contributed by atoms with van der Waals surface area (Å²) in [5.74, 6) is 0.577. The maximum Gasteiger partial charge on any atom is 0.224 e. The Bertz CT molecular complexity index is 2050. The van der Waals surface area contributed by atoms with E-state index in [-0.39, 0.29) is 11.7 Å². The van der Waals surface area contributed by atoms with E-state index in [9.17, 15) is 9.18 Å². The number of amides is 1. The second-order valence-corrected chi connectivity index (χ2v) is 12.5. The summed E-state index contributed by atoms with van der Waals surface area (Å²) in [6.07, 6.45) is 11.6. The van der Waals surface area contributed by atoms with Gasteiger partial charge < -0.3 is 19.9 Å². The lowest BCUT2D eigenvalue weighted by Crippen LogP contribution is -2.19. The molecule has 1 fully saturated rings. The maximum absolute atomic E-state index is 14.7. The number of pyridine rings is 3. The monoisotopic (exact) mass is 632 g/mol. The van der Waals surface area contributed by atoms with E-state index in [2.05, 4.69) is 30.5 Å². The van der Waals surface area contributed by atoms with Gasteiger partial charge in [0.2, 0.25) is 5.91 Å². The molecule has 1 aromatic carbocycles. The molecular formula is C36H37FN8O2. The molecule has 0 spiro atoms. The fourth-order valence-corrected chi connectivity index (χ4v) is 6.32. The van der Waals surface area contributed by atoms with E-state index in [1.807, 2.05) is 55.4 Å². The largest absolute Gasteiger partial charge is 0.492 e. The minimum atomic E-state index is -0.375. The molecular weight excluding hydrogens is 595 g/mol. The Balaban J connectivity index is 1.16. The fraction of sp³-hybridized carbons (Fsp3) is 0.306. The summed E-state index contributed by atoms with van der Waals surface area (Å²) in [4.78, 5) is 32.0. The van der Waals surface area contributed by atoms with Crippen molar-refractivity contribution in [1.29, 1.82) is 0 Å². The van der Waals surface area contributed by atoms with Gasteiger partial charge in [0, 0.05) is 42.4 Å². The van der Waals surface area contributed by atoms with Crippen LogP contribution in [-0.2, 0) is 4.79 Å². The number of hydrogen-bond donors (Lipinski definition) is 3. The molecule has 0 atom stereocenters. The summed E-state index contributed by atoms with van der Waals surface area (Å²) in [7, 11) is 3.93. The molecule has 0 aliphatic heterocycles. The molecule has 1 aliphatic rings. The van der Waals surface area contributed by atoms with Crippen LogP contribution in [0, 0.1) is 11.7 Å². The number of rotatable bonds is 10. The Labute approximate surface area is 271 Å². The molecule has 7 rings (SSSR count). The minimum absolute atomic E-state index is 0.0227. The van der Waals surface area contributed by atoms with Crippen LogP contribution in [0.1, 0.15) is 38.5 Å². The Morgan fingerprint density at radius 3 is 2.77 bits per heavy atom. The molecule has 0 radical (unpaired) electrons. The van der Waals surface area contributed by atoms with Gasteiger partial charge in [-0.25, -0.2) is 14.4 Å². The number of H-pyrrole nitrogens is 2. The molecule has 6 aromatic rings. The molecule has 1 amide bonds. The first-order valence-corrected chi connectivity index (χ1v) is 16.1. The van der Waals surface area contributed by atoms with E-state index in [0.29, 0.717) is 58.5 Å². The molecule has 0 bridgehead atoms. The number of carbonyl (C=O) groups is 1. The highest BCUT2D eigenvalue weighted by atomic mass is 19.1. The Morgan fingerprint density at radius 1 is 1.04 bits per heavy atom. The Kier molecular flexibility index (Phi) is 8.62. The molecule has 3 N–H and O–H groups in total. The molecule has 11 heteroatoms. The van der Waals surface area contributed by atoms with Crippen LogP contribution in [-0.4, -0.2) is 68.2 Å². The first kappa shape index (κ1) is 30.5. The number of benzene rings is 1. The van der Waals surface area contributed by atoms with Crippen LogP contribution >= 0.6 is 0 Å². The molecule has 47 heavy (non-hydrogen) atoms. The highest BCUT2D eigenvalue weighted by Gasteiger charge is 2.19. The number of likely N-dealkylation sites (N-methyl/N-ethyl adjacent to an activating group) is 1. The second kappa shape index (κ2) is 13.3. The van der Waals surface area contributed by atoms with E-state index < -0.39 is 0 Å². The van der Waals surface area contributed by atoms with Crippen LogP contribution in [0.25, 0.3) is 55.8 Å². The topological polar surface area (TPSA) is 125 Å². The van der Waals surface area contributed by atoms with Crippen molar-refractivity contribution >= 4 is 33.7 Å². The number of nitrogens with zero attached hydrogens (tertiary/aromatic N) is 5. The molecule has 10 nitrogen and oxygen atoms in total. The van der Waals surface area contributed by atoms with Crippen LogP contribution in [0.5, 0.6) is 5.75 Å². The van der Waals surface area contributed by atoms with Crippen molar-refractivity contribution in [2.45, 2.75) is 38.5 Å². The van der Waals surface area contributed by atoms with Crippen LogP contribution in [0.2, 0.25) is 0 Å². The summed E-state index contributed by atoms with van der Waals surface area (Å²) in [6.45, 7) is 1.17. The predicted octanol–water partition coefficient (Wildman–Crippen LogP) is 7.22. The van der Waals surface area contributed by atoms with Gasteiger partial charge >= 0.3 is 0 Å². The van der Waals surface area contributed by atoms with Gasteiger partial charge in [-0.2, -0.15) is 5.10 Å². The molecule has 1 aliphatic carbocycles. The number of ether oxygens (including phenoxy) is 1. The van der Waals surface area contributed by atoms with E-state index in [0.717, 1.165) is 47.1 Å². The van der Waals surface area contributed by atoms with Gasteiger partial charge in [0.05, 0.1) is 28.8 Å². The first-order valence-electron chi connectivity index (χ1n) is 16.1. The molecule has 0 unspecified atom stereocenters. The normalized spacial score (nSPS) is 13.9. The number of aromatic amines is 2. The number of nitrogens with one attached hydrogen (secondary N) is 3. The van der Waals surface area contributed by atoms with E-state index >= 15 is 0 Å². The van der Waals surface area contributed by atoms with Crippen molar-refractivity contribution in [3.63, 3.8) is 0 Å². The predicted molar refractivity (Wildman–Crippen MR) is 181 cm³/mol. The van der Waals surface area contributed by atoms with Crippen LogP contribution in [0.15, 0.2) is 67.1 Å². The summed E-state index contributed by atoms with van der Waals surface area (Å²) in [6, 6.07) is 14.3. The van der Waals surface area contributed by atoms with Gasteiger partial charge in [-0.1, -0.05) is 19.3 Å². The second-order valence-electron chi connectivity index (χ2n) is 12.5. The Hall–Kier alpha value is -5.16. The highest BCUT2D eigenvalue weighted by Crippen LogP contribution is 2.35. The average Bonchev–Trinajstić information content (AvgIpc) is 3.69. The Morgan fingerprint density at radius 2 is 1.91 bits per heavy atom. The third-order valence-electron chi connectivity index (χ3n) is 8.70. The molecule has 240 valence electrons. The van der Waals surface area contributed by atoms with E-state index in [1.165, 1.54) is 31.4 Å². The van der Waals surface area contributed by atoms with Crippen LogP contribution in [0.3, 0.4) is 0 Å². The zero-order valence-corrected chi connectivity index (χ0v) is 26.5. The van der Waals surface area contributed by atoms with Crippen molar-refractivity contribution in [1.82, 2.24) is 35.0 Å². The molecule has 1 saturated carbocycles. The molecule has 5 heterocycles. The number of halogens is 1. The summed E-state index contributed by atoms with van der Waals surface area (Å²) < 4.78 is 20.5. The van der Waals surface area contributed by atoms with E-state index in [4.69, 9.17) is 9.72 Å². The van der Waals surface area contributed by atoms with Gasteiger partial charge in [-0.15, -0.1) is 0 Å². The summed E-state index contributed by atoms with van der Waals surface area (Å²) >= 11 is 0. The van der Waals surface area contributed by atoms with Gasteiger partial charge in [-0.05, 0) is 86.4 Å². The zero-order valence-electron chi connectivity index (χ0n) is 26.5. The lowest BCUT2D eigenvalue weighted by molar-refractivity contribution is -0.117. The number of anilines is 1. The summed E-state index contributed by atoms with van der Waals surface area (Å²) in [5.41, 5.74) is 7.07. The van der Waals surface area contributed by atoms with Crippen molar-refractivity contribution < 1.29 is 13.9 Å². The van der Waals surface area contributed by atoms with E-state index in [1.54, 1.807) is 18.6 Å². The van der Waals surface area contributed by atoms with Gasteiger partial charge in [0.1, 0.15) is 35.0 Å². The van der Waals surface area contributed by atoms with Gasteiger partial charge in [0.25, 0.3) is 0 Å². The van der Waals surface area contributed by atoms with Crippen molar-refractivity contribution in [2.24, 2.45) is 5.92 Å². The lowest BCUT2D eigenvalue weighted by atomic mass is 9.87. The third kappa shape index (κ3) is 6.85. The van der Waals surface area contributed by atoms with Crippen LogP contribution < -0.4 is 10.1 Å². The zero-order chi connectivity index (χ0) is 32.3. The number of carbonyl (C=O) groups excluding carboxylic acids is 1. The standard InChI is InChI=1S/C36H37FN8O2/c1-45(2)12-13-47-27-17-23(15-25(37)18-27)28-10-11-39-36-29(28)19-32(42-36)35-34-31(43-44-35)9-8-30(41-34)24-16-26(21-38-20-24)40-33(46)14-22-6-4-3-5-7-22/h8-11,15-22H,3-7,12-14H2,1-2H3,(H,39,42)(H,40,46)(H,43,44). The minimum Gasteiger partial charge on any atom is -0.492 e. The average molecular weight is 633 g/mol. The maximum atomic E-state index is 14.7. The van der Waals surface area contributed by atoms with Crippen molar-refractivity contribution in [2.75, 3.05) is 32.6 Å². The summed E-state index contributed by atoms with van der Waals surface area (Å²) in [5, 5.41) is 11.5. The smallest absolute Gasteiger partial charge is 0.224 e. The van der Waals surface area contributed by atoms with Crippen molar-refractivity contribution in [3.8, 4) is 39.5 Å². The quantitative estimate of drug-likeness (QED) is 0.146. The fourth-order valence-electron chi connectivity index (χ4n) is 6.32. The van der Waals surface area contributed by atoms with Crippen molar-refractivity contribution in [3.05, 3.63) is 72.9 Å². The first-order chi connectivity index (χ1) is 22.9. The number of hydrogen-bond acceptors (Lipinski definition) is 7. The van der Waals surface area contributed by atoms with Crippen LogP contribution in [0.4, 0.5) is 10.1 Å². The molecule has 5 aromatic heterocycles. The molecule has 0 saturated heterocycles. The third-order valence-corrected chi connectivity index (χ3v) is 8.70. The number of fused-ring (bicyclic) bond motifs is 2. The number of aromatic nitrogens is 6. The SMILES string of the molecule is CN(C)CCOc1cc(F)cc(-c2ccnc3[nH]c(-c4n[nH]c5ccc(-c6cncc(NC(=O)CC7CCCCC7)c6)nc45)cc23)c1. The highest BCUT2D eigenvalue weighted by molar-refractivity contribution is 5.99. The van der Waals surface area contributed by atoms with Gasteiger partial charge in [-0.3, -0.25) is 14.9 Å². The lowest BCUT2D eigenvalue weighted by Gasteiger charge is -2.20. The van der Waals surface area contributed by atoms with Gasteiger partial charge in [0.15, 0.2) is 0 Å².